The fourth-order valence-corrected chi connectivity index (χ4v) is 2.33. The van der Waals surface area contributed by atoms with E-state index in [9.17, 15) is 9.59 Å². The highest BCUT2D eigenvalue weighted by molar-refractivity contribution is 9.10. The maximum atomic E-state index is 12.3. The third-order valence-corrected chi connectivity index (χ3v) is 3.83. The number of carbonyl (C=O) groups excluding carboxylic acids is 2. The Morgan fingerprint density at radius 3 is 2.43 bits per heavy atom. The van der Waals surface area contributed by atoms with Crippen molar-refractivity contribution in [1.82, 2.24) is 4.90 Å². The number of hydrogen-bond acceptors (Lipinski definition) is 3. The van der Waals surface area contributed by atoms with Crippen molar-refractivity contribution in [2.45, 2.75) is 0 Å². The average molecular weight is 372 g/mol. The van der Waals surface area contributed by atoms with Crippen LogP contribution in [0.1, 0.15) is 15.9 Å². The van der Waals surface area contributed by atoms with E-state index >= 15 is 0 Å². The highest BCUT2D eigenvalue weighted by Gasteiger charge is 2.15. The molecule has 5 nitrogen and oxygen atoms in total. The van der Waals surface area contributed by atoms with Gasteiger partial charge in [0.25, 0.3) is 5.91 Å². The second-order valence-electron chi connectivity index (χ2n) is 4.88. The molecular formula is C17H14BrN3O2. The minimum absolute atomic E-state index is 0.0693. The summed E-state index contributed by atoms with van der Waals surface area (Å²) in [6.07, 6.45) is 0. The number of para-hydroxylation sites is 1. The van der Waals surface area contributed by atoms with Gasteiger partial charge in [0.1, 0.15) is 0 Å². The number of anilines is 1. The van der Waals surface area contributed by atoms with Crippen molar-refractivity contribution in [3.63, 3.8) is 0 Å². The van der Waals surface area contributed by atoms with Gasteiger partial charge < -0.3 is 10.2 Å². The molecule has 0 heterocycles. The predicted molar refractivity (Wildman–Crippen MR) is 90.9 cm³/mol. The van der Waals surface area contributed by atoms with Crippen molar-refractivity contribution in [3.05, 3.63) is 64.1 Å². The first-order chi connectivity index (χ1) is 11.0. The number of amides is 2. The Morgan fingerprint density at radius 1 is 1.17 bits per heavy atom. The molecule has 2 amide bonds. The summed E-state index contributed by atoms with van der Waals surface area (Å²) in [7, 11) is 1.56. The first kappa shape index (κ1) is 16.7. The molecule has 0 aliphatic rings. The van der Waals surface area contributed by atoms with Crippen molar-refractivity contribution in [2.24, 2.45) is 0 Å². The normalized spacial score (nSPS) is 9.78. The molecule has 0 fully saturated rings. The third kappa shape index (κ3) is 4.41. The predicted octanol–water partition coefficient (Wildman–Crippen LogP) is 3.03. The standard InChI is InChI=1S/C17H14BrN3O2/c1-21(17(23)13-8-6-12(10-19)7-9-13)11-16(22)20-15-5-3-2-4-14(15)18/h2-9H,11H2,1H3,(H,20,22). The van der Waals surface area contributed by atoms with Crippen LogP contribution >= 0.6 is 15.9 Å². The molecule has 0 aromatic heterocycles. The van der Waals surface area contributed by atoms with Gasteiger partial charge in [-0.3, -0.25) is 9.59 Å². The highest BCUT2D eigenvalue weighted by Crippen LogP contribution is 2.21. The van der Waals surface area contributed by atoms with Gasteiger partial charge in [-0.1, -0.05) is 12.1 Å². The molecule has 0 saturated heterocycles. The summed E-state index contributed by atoms with van der Waals surface area (Å²) in [5.74, 6) is -0.571. The third-order valence-electron chi connectivity index (χ3n) is 3.14. The van der Waals surface area contributed by atoms with Crippen LogP contribution in [0.4, 0.5) is 5.69 Å². The Morgan fingerprint density at radius 2 is 1.83 bits per heavy atom. The lowest BCUT2D eigenvalue weighted by Gasteiger charge is -2.17. The number of rotatable bonds is 4. The van der Waals surface area contributed by atoms with E-state index in [2.05, 4.69) is 21.2 Å². The summed E-state index contributed by atoms with van der Waals surface area (Å²) in [6, 6.07) is 15.5. The Balaban J connectivity index is 1.99. The molecule has 23 heavy (non-hydrogen) atoms. The van der Waals surface area contributed by atoms with Crippen LogP contribution in [-0.4, -0.2) is 30.3 Å². The first-order valence-electron chi connectivity index (χ1n) is 6.81. The molecule has 2 rings (SSSR count). The monoisotopic (exact) mass is 371 g/mol. The van der Waals surface area contributed by atoms with E-state index in [-0.39, 0.29) is 18.4 Å². The molecule has 6 heteroatoms. The van der Waals surface area contributed by atoms with Crippen LogP contribution in [0.15, 0.2) is 53.0 Å². The quantitative estimate of drug-likeness (QED) is 0.897. The summed E-state index contributed by atoms with van der Waals surface area (Å²) < 4.78 is 0.773. The van der Waals surface area contributed by atoms with Gasteiger partial charge in [0.2, 0.25) is 5.91 Å². The number of nitrogens with one attached hydrogen (secondary N) is 1. The van der Waals surface area contributed by atoms with Crippen LogP contribution in [0.5, 0.6) is 0 Å². The highest BCUT2D eigenvalue weighted by atomic mass is 79.9. The van der Waals surface area contributed by atoms with Gasteiger partial charge >= 0.3 is 0 Å². The lowest BCUT2D eigenvalue weighted by Crippen LogP contribution is -2.35. The minimum Gasteiger partial charge on any atom is -0.332 e. The maximum absolute atomic E-state index is 12.3. The van der Waals surface area contributed by atoms with Crippen molar-refractivity contribution < 1.29 is 9.59 Å². The number of nitrogens with zero attached hydrogens (tertiary/aromatic N) is 2. The lowest BCUT2D eigenvalue weighted by atomic mass is 10.1. The van der Waals surface area contributed by atoms with Gasteiger partial charge in [-0.05, 0) is 52.3 Å². The Kier molecular flexibility index (Phi) is 5.50. The van der Waals surface area contributed by atoms with E-state index < -0.39 is 0 Å². The minimum atomic E-state index is -0.290. The van der Waals surface area contributed by atoms with Gasteiger partial charge in [-0.25, -0.2) is 0 Å². The smallest absolute Gasteiger partial charge is 0.254 e. The topological polar surface area (TPSA) is 73.2 Å². The molecular weight excluding hydrogens is 358 g/mol. The Hall–Kier alpha value is -2.65. The number of nitriles is 1. The van der Waals surface area contributed by atoms with Crippen LogP contribution in [-0.2, 0) is 4.79 Å². The van der Waals surface area contributed by atoms with Crippen LogP contribution in [0.3, 0.4) is 0 Å². The molecule has 0 bridgehead atoms. The first-order valence-corrected chi connectivity index (χ1v) is 7.60. The van der Waals surface area contributed by atoms with Gasteiger partial charge in [0, 0.05) is 17.1 Å². The molecule has 1 N–H and O–H groups in total. The molecule has 0 saturated carbocycles. The van der Waals surface area contributed by atoms with Crippen LogP contribution in [0.25, 0.3) is 0 Å². The number of hydrogen-bond donors (Lipinski definition) is 1. The van der Waals surface area contributed by atoms with E-state index in [1.165, 1.54) is 4.90 Å². The molecule has 0 atom stereocenters. The maximum Gasteiger partial charge on any atom is 0.254 e. The fourth-order valence-electron chi connectivity index (χ4n) is 1.95. The second-order valence-corrected chi connectivity index (χ2v) is 5.73. The molecule has 2 aromatic rings. The number of likely N-dealkylation sites (N-methyl/N-ethyl adjacent to an activating group) is 1. The number of carbonyl (C=O) groups is 2. The van der Waals surface area contributed by atoms with Gasteiger partial charge in [-0.15, -0.1) is 0 Å². The molecule has 0 radical (unpaired) electrons. The Bertz CT molecular complexity index is 766. The Labute approximate surface area is 142 Å². The zero-order chi connectivity index (χ0) is 16.8. The van der Waals surface area contributed by atoms with Crippen molar-refractivity contribution in [2.75, 3.05) is 18.9 Å². The zero-order valence-corrected chi connectivity index (χ0v) is 14.0. The van der Waals surface area contributed by atoms with Crippen molar-refractivity contribution in [1.29, 1.82) is 5.26 Å². The van der Waals surface area contributed by atoms with Gasteiger partial charge in [-0.2, -0.15) is 5.26 Å². The summed E-state index contributed by atoms with van der Waals surface area (Å²) in [5.41, 5.74) is 1.56. The molecule has 0 aliphatic carbocycles. The number of halogens is 1. The summed E-state index contributed by atoms with van der Waals surface area (Å²) in [4.78, 5) is 25.6. The molecule has 116 valence electrons. The van der Waals surface area contributed by atoms with Crippen LogP contribution < -0.4 is 5.32 Å². The van der Waals surface area contributed by atoms with E-state index in [4.69, 9.17) is 5.26 Å². The van der Waals surface area contributed by atoms with E-state index in [1.54, 1.807) is 37.4 Å². The van der Waals surface area contributed by atoms with Crippen molar-refractivity contribution >= 4 is 33.4 Å². The van der Waals surface area contributed by atoms with Crippen LogP contribution in [0.2, 0.25) is 0 Å². The van der Waals surface area contributed by atoms with Crippen molar-refractivity contribution in [3.8, 4) is 6.07 Å². The molecule has 0 unspecified atom stereocenters. The lowest BCUT2D eigenvalue weighted by molar-refractivity contribution is -0.116. The molecule has 0 spiro atoms. The SMILES string of the molecule is CN(CC(=O)Nc1ccccc1Br)C(=O)c1ccc(C#N)cc1. The van der Waals surface area contributed by atoms with E-state index in [0.717, 1.165) is 4.47 Å². The average Bonchev–Trinajstić information content (AvgIpc) is 2.56. The van der Waals surface area contributed by atoms with E-state index in [0.29, 0.717) is 16.8 Å². The summed E-state index contributed by atoms with van der Waals surface area (Å²) in [6.45, 7) is -0.0693. The molecule has 2 aromatic carbocycles. The van der Waals surface area contributed by atoms with Crippen LogP contribution in [0, 0.1) is 11.3 Å². The fraction of sp³-hybridized carbons (Fsp3) is 0.118. The zero-order valence-electron chi connectivity index (χ0n) is 12.4. The largest absolute Gasteiger partial charge is 0.332 e. The van der Waals surface area contributed by atoms with Gasteiger partial charge in [0.05, 0.1) is 23.9 Å². The second kappa shape index (κ2) is 7.56. The summed E-state index contributed by atoms with van der Waals surface area (Å²) >= 11 is 3.35. The number of benzene rings is 2. The molecule has 0 aliphatic heterocycles. The summed E-state index contributed by atoms with van der Waals surface area (Å²) in [5, 5.41) is 11.5. The van der Waals surface area contributed by atoms with E-state index in [1.807, 2.05) is 24.3 Å². The van der Waals surface area contributed by atoms with Gasteiger partial charge in [0.15, 0.2) is 0 Å².